The zero-order chi connectivity index (χ0) is 10.8. The monoisotopic (exact) mass is 240 g/mol. The lowest BCUT2D eigenvalue weighted by atomic mass is 9.92. The Balaban J connectivity index is 2.23. The SMILES string of the molecule is NC(=S)c1cc(Cl)ccc1NC1CCC1. The zero-order valence-electron chi connectivity index (χ0n) is 8.29. The van der Waals surface area contributed by atoms with Crippen molar-refractivity contribution < 1.29 is 0 Å². The molecule has 0 heterocycles. The fourth-order valence-electron chi connectivity index (χ4n) is 1.62. The van der Waals surface area contributed by atoms with E-state index in [0.29, 0.717) is 16.1 Å². The van der Waals surface area contributed by atoms with Crippen LogP contribution in [-0.4, -0.2) is 11.0 Å². The lowest BCUT2D eigenvalue weighted by Crippen LogP contribution is -2.28. The second-order valence-corrected chi connectivity index (χ2v) is 4.70. The van der Waals surface area contributed by atoms with Crippen LogP contribution in [0.3, 0.4) is 0 Å². The number of thiocarbonyl (C=S) groups is 1. The molecule has 0 aliphatic heterocycles. The van der Waals surface area contributed by atoms with Crippen LogP contribution in [0.1, 0.15) is 24.8 Å². The number of nitrogens with one attached hydrogen (secondary N) is 1. The van der Waals surface area contributed by atoms with Crippen LogP contribution in [0.15, 0.2) is 18.2 Å². The Bertz CT molecular complexity index is 388. The Kier molecular flexibility index (Phi) is 3.12. The van der Waals surface area contributed by atoms with Crippen molar-refractivity contribution >= 4 is 34.5 Å². The van der Waals surface area contributed by atoms with Gasteiger partial charge in [-0.2, -0.15) is 0 Å². The molecule has 2 nitrogen and oxygen atoms in total. The van der Waals surface area contributed by atoms with Crippen LogP contribution in [0.4, 0.5) is 5.69 Å². The molecule has 0 bridgehead atoms. The van der Waals surface area contributed by atoms with Crippen molar-refractivity contribution in [3.63, 3.8) is 0 Å². The van der Waals surface area contributed by atoms with Crippen molar-refractivity contribution in [3.05, 3.63) is 28.8 Å². The van der Waals surface area contributed by atoms with Gasteiger partial charge in [-0.25, -0.2) is 0 Å². The molecule has 2 rings (SSSR count). The molecule has 1 fully saturated rings. The summed E-state index contributed by atoms with van der Waals surface area (Å²) in [4.78, 5) is 0.388. The fourth-order valence-corrected chi connectivity index (χ4v) is 1.96. The van der Waals surface area contributed by atoms with E-state index in [2.05, 4.69) is 5.32 Å². The maximum atomic E-state index is 5.90. The first-order chi connectivity index (χ1) is 7.16. The summed E-state index contributed by atoms with van der Waals surface area (Å²) in [5.74, 6) is 0. The van der Waals surface area contributed by atoms with Crippen LogP contribution in [0, 0.1) is 0 Å². The summed E-state index contributed by atoms with van der Waals surface area (Å²) in [7, 11) is 0. The summed E-state index contributed by atoms with van der Waals surface area (Å²) >= 11 is 10.9. The van der Waals surface area contributed by atoms with Crippen LogP contribution in [-0.2, 0) is 0 Å². The Morgan fingerprint density at radius 2 is 2.20 bits per heavy atom. The zero-order valence-corrected chi connectivity index (χ0v) is 9.87. The summed E-state index contributed by atoms with van der Waals surface area (Å²) in [5, 5.41) is 4.09. The molecule has 1 saturated carbocycles. The molecule has 15 heavy (non-hydrogen) atoms. The van der Waals surface area contributed by atoms with E-state index in [1.54, 1.807) is 0 Å². The summed E-state index contributed by atoms with van der Waals surface area (Å²) in [6.45, 7) is 0. The number of hydrogen-bond acceptors (Lipinski definition) is 2. The molecule has 0 aromatic heterocycles. The third-order valence-electron chi connectivity index (χ3n) is 2.71. The van der Waals surface area contributed by atoms with Crippen molar-refractivity contribution in [2.24, 2.45) is 5.73 Å². The predicted molar refractivity (Wildman–Crippen MR) is 68.6 cm³/mol. The van der Waals surface area contributed by atoms with Gasteiger partial charge in [-0.15, -0.1) is 0 Å². The average Bonchev–Trinajstić information content (AvgIpc) is 2.12. The normalized spacial score (nSPS) is 15.8. The molecule has 0 unspecified atom stereocenters. The molecule has 3 N–H and O–H groups in total. The van der Waals surface area contributed by atoms with Gasteiger partial charge in [-0.1, -0.05) is 23.8 Å². The van der Waals surface area contributed by atoms with Crippen molar-refractivity contribution in [2.45, 2.75) is 25.3 Å². The molecule has 4 heteroatoms. The highest BCUT2D eigenvalue weighted by Crippen LogP contribution is 2.27. The highest BCUT2D eigenvalue weighted by Gasteiger charge is 2.18. The molecule has 0 spiro atoms. The number of halogens is 1. The third kappa shape index (κ3) is 2.41. The number of benzene rings is 1. The van der Waals surface area contributed by atoms with Crippen LogP contribution >= 0.6 is 23.8 Å². The largest absolute Gasteiger partial charge is 0.389 e. The minimum absolute atomic E-state index is 0.388. The molecule has 0 atom stereocenters. The molecule has 0 radical (unpaired) electrons. The van der Waals surface area contributed by atoms with E-state index in [0.717, 1.165) is 11.3 Å². The first-order valence-corrected chi connectivity index (χ1v) is 5.81. The van der Waals surface area contributed by atoms with E-state index in [4.69, 9.17) is 29.6 Å². The average molecular weight is 241 g/mol. The van der Waals surface area contributed by atoms with Crippen molar-refractivity contribution in [1.29, 1.82) is 0 Å². The lowest BCUT2D eigenvalue weighted by molar-refractivity contribution is 0.445. The van der Waals surface area contributed by atoms with Gasteiger partial charge in [-0.05, 0) is 37.5 Å². The molecule has 1 aromatic carbocycles. The number of rotatable bonds is 3. The molecule has 80 valence electrons. The summed E-state index contributed by atoms with van der Waals surface area (Å²) in [6, 6.07) is 6.17. The van der Waals surface area contributed by atoms with Gasteiger partial charge < -0.3 is 11.1 Å². The topological polar surface area (TPSA) is 38.0 Å². The van der Waals surface area contributed by atoms with E-state index in [1.165, 1.54) is 19.3 Å². The van der Waals surface area contributed by atoms with Crippen LogP contribution in [0.25, 0.3) is 0 Å². The fraction of sp³-hybridized carbons (Fsp3) is 0.364. The highest BCUT2D eigenvalue weighted by atomic mass is 35.5. The van der Waals surface area contributed by atoms with Gasteiger partial charge in [0.05, 0.1) is 0 Å². The maximum Gasteiger partial charge on any atom is 0.106 e. The van der Waals surface area contributed by atoms with Gasteiger partial charge >= 0.3 is 0 Å². The van der Waals surface area contributed by atoms with E-state index < -0.39 is 0 Å². The summed E-state index contributed by atoms with van der Waals surface area (Å²) < 4.78 is 0. The lowest BCUT2D eigenvalue weighted by Gasteiger charge is -2.28. The third-order valence-corrected chi connectivity index (χ3v) is 3.17. The van der Waals surface area contributed by atoms with Crippen LogP contribution in [0.2, 0.25) is 5.02 Å². The summed E-state index contributed by atoms with van der Waals surface area (Å²) in [6.07, 6.45) is 3.74. The minimum atomic E-state index is 0.388. The van der Waals surface area contributed by atoms with E-state index in [-0.39, 0.29) is 0 Å². The van der Waals surface area contributed by atoms with Crippen LogP contribution < -0.4 is 11.1 Å². The van der Waals surface area contributed by atoms with Gasteiger partial charge in [0.25, 0.3) is 0 Å². The molecular formula is C11H13ClN2S. The minimum Gasteiger partial charge on any atom is -0.389 e. The molecular weight excluding hydrogens is 228 g/mol. The Hall–Kier alpha value is -0.800. The second kappa shape index (κ2) is 4.37. The predicted octanol–water partition coefficient (Wildman–Crippen LogP) is 2.94. The number of nitrogens with two attached hydrogens (primary N) is 1. The van der Waals surface area contributed by atoms with Gasteiger partial charge in [0.2, 0.25) is 0 Å². The molecule has 1 aliphatic carbocycles. The van der Waals surface area contributed by atoms with Crippen molar-refractivity contribution in [3.8, 4) is 0 Å². The van der Waals surface area contributed by atoms with Gasteiger partial charge in [-0.3, -0.25) is 0 Å². The number of hydrogen-bond donors (Lipinski definition) is 2. The van der Waals surface area contributed by atoms with E-state index in [9.17, 15) is 0 Å². The maximum absolute atomic E-state index is 5.90. The van der Waals surface area contributed by atoms with E-state index >= 15 is 0 Å². The van der Waals surface area contributed by atoms with Gasteiger partial charge in [0, 0.05) is 22.3 Å². The van der Waals surface area contributed by atoms with E-state index in [1.807, 2.05) is 18.2 Å². The van der Waals surface area contributed by atoms with Crippen molar-refractivity contribution in [1.82, 2.24) is 0 Å². The number of anilines is 1. The molecule has 1 aromatic rings. The molecule has 0 amide bonds. The smallest absolute Gasteiger partial charge is 0.106 e. The quantitative estimate of drug-likeness (QED) is 0.798. The van der Waals surface area contributed by atoms with Crippen molar-refractivity contribution in [2.75, 3.05) is 5.32 Å². The Morgan fingerprint density at radius 3 is 2.73 bits per heavy atom. The highest BCUT2D eigenvalue weighted by molar-refractivity contribution is 7.80. The van der Waals surface area contributed by atoms with Gasteiger partial charge in [0.15, 0.2) is 0 Å². The Morgan fingerprint density at radius 1 is 1.47 bits per heavy atom. The molecule has 0 saturated heterocycles. The standard InChI is InChI=1S/C11H13ClN2S/c12-7-4-5-10(9(6-7)11(13)15)14-8-2-1-3-8/h4-6,8,14H,1-3H2,(H2,13,15). The Labute approximate surface area is 99.8 Å². The second-order valence-electron chi connectivity index (χ2n) is 3.83. The molecule has 1 aliphatic rings. The summed E-state index contributed by atoms with van der Waals surface area (Å²) in [5.41, 5.74) is 7.49. The van der Waals surface area contributed by atoms with Gasteiger partial charge in [0.1, 0.15) is 4.99 Å². The first kappa shape index (κ1) is 10.7. The van der Waals surface area contributed by atoms with Crippen LogP contribution in [0.5, 0.6) is 0 Å². The first-order valence-electron chi connectivity index (χ1n) is 5.02.